The van der Waals surface area contributed by atoms with E-state index in [-0.39, 0.29) is 6.10 Å². The highest BCUT2D eigenvalue weighted by molar-refractivity contribution is 5.10. The Kier molecular flexibility index (Phi) is 3.91. The van der Waals surface area contributed by atoms with Gasteiger partial charge in [-0.15, -0.1) is 0 Å². The minimum Gasteiger partial charge on any atom is -0.393 e. The Labute approximate surface area is 97.1 Å². The molecule has 2 rings (SSSR count). The molecule has 2 unspecified atom stereocenters. The zero-order valence-corrected chi connectivity index (χ0v) is 9.84. The van der Waals surface area contributed by atoms with Crippen LogP contribution in [0.25, 0.3) is 0 Å². The average molecular weight is 220 g/mol. The van der Waals surface area contributed by atoms with E-state index >= 15 is 0 Å². The number of likely N-dealkylation sites (tertiary alicyclic amines) is 1. The van der Waals surface area contributed by atoms with Gasteiger partial charge in [-0.05, 0) is 50.4 Å². The summed E-state index contributed by atoms with van der Waals surface area (Å²) in [7, 11) is 0. The third-order valence-corrected chi connectivity index (χ3v) is 3.25. The van der Waals surface area contributed by atoms with Crippen molar-refractivity contribution in [3.8, 4) is 0 Å². The summed E-state index contributed by atoms with van der Waals surface area (Å²) >= 11 is 0. The van der Waals surface area contributed by atoms with Crippen LogP contribution < -0.4 is 0 Å². The molecule has 1 N–H and O–H groups in total. The Bertz CT molecular complexity index is 313. The quantitative estimate of drug-likeness (QED) is 0.840. The van der Waals surface area contributed by atoms with Crippen molar-refractivity contribution in [2.45, 2.75) is 44.9 Å². The minimum absolute atomic E-state index is 0.192. The van der Waals surface area contributed by atoms with Gasteiger partial charge in [0.15, 0.2) is 0 Å². The molecule has 3 nitrogen and oxygen atoms in total. The SMILES string of the molecule is CC(O)CC1CCCN1Cc1ccncc1. The number of hydrogen-bond acceptors (Lipinski definition) is 3. The van der Waals surface area contributed by atoms with Crippen LogP contribution in [-0.4, -0.2) is 33.7 Å². The molecule has 1 aliphatic heterocycles. The minimum atomic E-state index is -0.192. The maximum absolute atomic E-state index is 9.46. The highest BCUT2D eigenvalue weighted by atomic mass is 16.3. The molecule has 0 radical (unpaired) electrons. The molecule has 3 heteroatoms. The third kappa shape index (κ3) is 3.03. The normalized spacial score (nSPS) is 23.5. The van der Waals surface area contributed by atoms with E-state index in [2.05, 4.69) is 22.0 Å². The van der Waals surface area contributed by atoms with E-state index in [9.17, 15) is 5.11 Å². The zero-order valence-electron chi connectivity index (χ0n) is 9.84. The molecule has 16 heavy (non-hydrogen) atoms. The van der Waals surface area contributed by atoms with Gasteiger partial charge in [-0.1, -0.05) is 0 Å². The topological polar surface area (TPSA) is 36.4 Å². The van der Waals surface area contributed by atoms with Gasteiger partial charge in [-0.3, -0.25) is 9.88 Å². The van der Waals surface area contributed by atoms with Crippen LogP contribution in [-0.2, 0) is 6.54 Å². The summed E-state index contributed by atoms with van der Waals surface area (Å²) in [4.78, 5) is 6.50. The first-order valence-electron chi connectivity index (χ1n) is 6.06. The molecule has 88 valence electrons. The van der Waals surface area contributed by atoms with Gasteiger partial charge in [0.2, 0.25) is 0 Å². The number of nitrogens with zero attached hydrogens (tertiary/aromatic N) is 2. The summed E-state index contributed by atoms with van der Waals surface area (Å²) in [6, 6.07) is 4.68. The van der Waals surface area contributed by atoms with Crippen LogP contribution >= 0.6 is 0 Å². The van der Waals surface area contributed by atoms with Gasteiger partial charge >= 0.3 is 0 Å². The van der Waals surface area contributed by atoms with Gasteiger partial charge in [0.05, 0.1) is 6.10 Å². The van der Waals surface area contributed by atoms with Gasteiger partial charge in [0.25, 0.3) is 0 Å². The molecule has 0 spiro atoms. The summed E-state index contributed by atoms with van der Waals surface area (Å²) in [5, 5.41) is 9.46. The molecular formula is C13H20N2O. The van der Waals surface area contributed by atoms with Crippen molar-refractivity contribution in [1.82, 2.24) is 9.88 Å². The van der Waals surface area contributed by atoms with Crippen LogP contribution in [0.4, 0.5) is 0 Å². The van der Waals surface area contributed by atoms with Gasteiger partial charge in [0.1, 0.15) is 0 Å². The molecule has 0 aliphatic carbocycles. The Morgan fingerprint density at radius 3 is 2.94 bits per heavy atom. The molecule has 0 aromatic carbocycles. The predicted molar refractivity (Wildman–Crippen MR) is 64.0 cm³/mol. The van der Waals surface area contributed by atoms with Crippen molar-refractivity contribution in [1.29, 1.82) is 0 Å². The lowest BCUT2D eigenvalue weighted by Crippen LogP contribution is -2.31. The van der Waals surface area contributed by atoms with Crippen molar-refractivity contribution < 1.29 is 5.11 Å². The standard InChI is InChI=1S/C13H20N2O/c1-11(16)9-13-3-2-8-15(13)10-12-4-6-14-7-5-12/h4-7,11,13,16H,2-3,8-10H2,1H3. The molecular weight excluding hydrogens is 200 g/mol. The molecule has 1 aromatic rings. The number of hydrogen-bond donors (Lipinski definition) is 1. The highest BCUT2D eigenvalue weighted by Crippen LogP contribution is 2.23. The highest BCUT2D eigenvalue weighted by Gasteiger charge is 2.25. The third-order valence-electron chi connectivity index (χ3n) is 3.25. The van der Waals surface area contributed by atoms with Gasteiger partial charge in [0, 0.05) is 25.0 Å². The number of aromatic nitrogens is 1. The summed E-state index contributed by atoms with van der Waals surface area (Å²) < 4.78 is 0. The molecule has 1 saturated heterocycles. The smallest absolute Gasteiger partial charge is 0.0527 e. The lowest BCUT2D eigenvalue weighted by Gasteiger charge is -2.25. The molecule has 0 saturated carbocycles. The Morgan fingerprint density at radius 1 is 1.50 bits per heavy atom. The van der Waals surface area contributed by atoms with Gasteiger partial charge in [-0.25, -0.2) is 0 Å². The van der Waals surface area contributed by atoms with E-state index in [4.69, 9.17) is 0 Å². The number of pyridine rings is 1. The van der Waals surface area contributed by atoms with Crippen LogP contribution in [0.1, 0.15) is 31.7 Å². The fraction of sp³-hybridized carbons (Fsp3) is 0.615. The molecule has 2 atom stereocenters. The van der Waals surface area contributed by atoms with E-state index in [0.717, 1.165) is 19.5 Å². The summed E-state index contributed by atoms with van der Waals surface area (Å²) in [5.41, 5.74) is 1.31. The first kappa shape index (κ1) is 11.6. The molecule has 0 amide bonds. The molecule has 2 heterocycles. The summed E-state index contributed by atoms with van der Waals surface area (Å²) in [6.45, 7) is 4.02. The number of aliphatic hydroxyl groups is 1. The predicted octanol–water partition coefficient (Wildman–Crippen LogP) is 1.82. The van der Waals surface area contributed by atoms with Crippen LogP contribution in [0, 0.1) is 0 Å². The molecule has 1 aromatic heterocycles. The zero-order chi connectivity index (χ0) is 11.4. The molecule has 1 fully saturated rings. The van der Waals surface area contributed by atoms with Crippen molar-refractivity contribution in [3.05, 3.63) is 30.1 Å². The van der Waals surface area contributed by atoms with E-state index in [1.54, 1.807) is 0 Å². The Balaban J connectivity index is 1.93. The lowest BCUT2D eigenvalue weighted by atomic mass is 10.1. The van der Waals surface area contributed by atoms with E-state index < -0.39 is 0 Å². The largest absolute Gasteiger partial charge is 0.393 e. The average Bonchev–Trinajstić information content (AvgIpc) is 2.66. The van der Waals surface area contributed by atoms with Crippen LogP contribution in [0.5, 0.6) is 0 Å². The van der Waals surface area contributed by atoms with Crippen molar-refractivity contribution in [3.63, 3.8) is 0 Å². The van der Waals surface area contributed by atoms with E-state index in [0.29, 0.717) is 6.04 Å². The fourth-order valence-corrected chi connectivity index (χ4v) is 2.49. The second-order valence-corrected chi connectivity index (χ2v) is 4.71. The maximum atomic E-state index is 9.46. The summed E-state index contributed by atoms with van der Waals surface area (Å²) in [6.07, 6.45) is 6.86. The van der Waals surface area contributed by atoms with Crippen LogP contribution in [0.15, 0.2) is 24.5 Å². The van der Waals surface area contributed by atoms with E-state index in [1.165, 1.54) is 18.4 Å². The second kappa shape index (κ2) is 5.41. The maximum Gasteiger partial charge on any atom is 0.0527 e. The number of rotatable bonds is 4. The second-order valence-electron chi connectivity index (χ2n) is 4.71. The van der Waals surface area contributed by atoms with Crippen molar-refractivity contribution in [2.24, 2.45) is 0 Å². The van der Waals surface area contributed by atoms with Gasteiger partial charge in [-0.2, -0.15) is 0 Å². The van der Waals surface area contributed by atoms with Crippen molar-refractivity contribution in [2.75, 3.05) is 6.54 Å². The summed E-state index contributed by atoms with van der Waals surface area (Å²) in [5.74, 6) is 0. The molecule has 0 bridgehead atoms. The Hall–Kier alpha value is -0.930. The molecule has 1 aliphatic rings. The van der Waals surface area contributed by atoms with E-state index in [1.807, 2.05) is 19.3 Å². The first-order valence-corrected chi connectivity index (χ1v) is 6.06. The van der Waals surface area contributed by atoms with Gasteiger partial charge < -0.3 is 5.11 Å². The van der Waals surface area contributed by atoms with Crippen LogP contribution in [0.3, 0.4) is 0 Å². The Morgan fingerprint density at radius 2 is 2.25 bits per heavy atom. The fourth-order valence-electron chi connectivity index (χ4n) is 2.49. The number of aliphatic hydroxyl groups excluding tert-OH is 1. The van der Waals surface area contributed by atoms with Crippen LogP contribution in [0.2, 0.25) is 0 Å². The lowest BCUT2D eigenvalue weighted by molar-refractivity contribution is 0.131. The first-order chi connectivity index (χ1) is 7.75. The van der Waals surface area contributed by atoms with Crippen molar-refractivity contribution >= 4 is 0 Å². The monoisotopic (exact) mass is 220 g/mol.